The normalized spacial score (nSPS) is 18.3. The van der Waals surface area contributed by atoms with E-state index in [0.29, 0.717) is 0 Å². The van der Waals surface area contributed by atoms with Crippen LogP contribution in [0.15, 0.2) is 47.0 Å². The summed E-state index contributed by atoms with van der Waals surface area (Å²) in [7, 11) is -3.76. The van der Waals surface area contributed by atoms with Crippen LogP contribution in [0.1, 0.15) is 64.2 Å². The molecule has 1 N–H and O–H groups in total. The number of nitrogens with one attached hydrogen (secondary N) is 1. The lowest BCUT2D eigenvalue weighted by atomic mass is 10.0. The molecule has 0 atom stereocenters. The first kappa shape index (κ1) is 18.0. The summed E-state index contributed by atoms with van der Waals surface area (Å²) in [6.45, 7) is 0. The van der Waals surface area contributed by atoms with Crippen molar-refractivity contribution >= 4 is 10.1 Å². The highest BCUT2D eigenvalue weighted by Gasteiger charge is 2.15. The van der Waals surface area contributed by atoms with Crippen LogP contribution in [0.3, 0.4) is 0 Å². The van der Waals surface area contributed by atoms with Crippen LogP contribution in [0.25, 0.3) is 0 Å². The molecule has 0 aliphatic heterocycles. The molecule has 0 heterocycles. The van der Waals surface area contributed by atoms with Crippen molar-refractivity contribution in [2.75, 3.05) is 0 Å². The van der Waals surface area contributed by atoms with Gasteiger partial charge in [0.1, 0.15) is 0 Å². The zero-order valence-electron chi connectivity index (χ0n) is 13.7. The van der Waals surface area contributed by atoms with Gasteiger partial charge in [0.05, 0.1) is 4.90 Å². The quantitative estimate of drug-likeness (QED) is 0.810. The summed E-state index contributed by atoms with van der Waals surface area (Å²) >= 11 is 0. The fraction of sp³-hybridized carbons (Fsp3) is 0.556. The van der Waals surface area contributed by atoms with Gasteiger partial charge in [-0.3, -0.25) is 5.48 Å². The molecule has 2 rings (SSSR count). The van der Waals surface area contributed by atoms with Crippen LogP contribution in [0.2, 0.25) is 0 Å². The SMILES string of the molecule is O=S(=O)(ONC1=CCCCCCCCCCC1)c1ccccc1. The molecule has 5 heteroatoms. The topological polar surface area (TPSA) is 55.4 Å². The highest BCUT2D eigenvalue weighted by Crippen LogP contribution is 2.17. The number of allylic oxidation sites excluding steroid dienone is 2. The fourth-order valence-electron chi connectivity index (χ4n) is 2.74. The van der Waals surface area contributed by atoms with Crippen LogP contribution in [-0.4, -0.2) is 8.42 Å². The fourth-order valence-corrected chi connectivity index (χ4v) is 3.54. The summed E-state index contributed by atoms with van der Waals surface area (Å²) in [5.74, 6) is 0. The first-order chi connectivity index (χ1) is 11.2. The zero-order valence-corrected chi connectivity index (χ0v) is 14.5. The molecule has 0 radical (unpaired) electrons. The van der Waals surface area contributed by atoms with Crippen molar-refractivity contribution in [2.24, 2.45) is 0 Å². The van der Waals surface area contributed by atoms with Gasteiger partial charge in [-0.25, -0.2) is 0 Å². The maximum atomic E-state index is 12.1. The molecule has 128 valence electrons. The van der Waals surface area contributed by atoms with E-state index in [4.69, 9.17) is 4.28 Å². The van der Waals surface area contributed by atoms with E-state index in [1.54, 1.807) is 18.2 Å². The molecule has 1 aromatic rings. The van der Waals surface area contributed by atoms with Crippen LogP contribution in [0, 0.1) is 0 Å². The van der Waals surface area contributed by atoms with Gasteiger partial charge in [0.25, 0.3) is 0 Å². The Morgan fingerprint density at radius 1 is 0.826 bits per heavy atom. The Bertz CT molecular complexity index is 582. The molecule has 1 aliphatic carbocycles. The second-order valence-corrected chi connectivity index (χ2v) is 7.60. The minimum atomic E-state index is -3.76. The van der Waals surface area contributed by atoms with Crippen LogP contribution in [-0.2, 0) is 14.4 Å². The Balaban J connectivity index is 1.92. The van der Waals surface area contributed by atoms with Gasteiger partial charge in [0.2, 0.25) is 0 Å². The van der Waals surface area contributed by atoms with Gasteiger partial charge in [0.15, 0.2) is 0 Å². The van der Waals surface area contributed by atoms with E-state index in [1.165, 1.54) is 50.7 Å². The van der Waals surface area contributed by atoms with E-state index in [-0.39, 0.29) is 4.90 Å². The van der Waals surface area contributed by atoms with Gasteiger partial charge in [-0.1, -0.05) is 62.8 Å². The molecule has 0 amide bonds. The third kappa shape index (κ3) is 6.75. The zero-order chi connectivity index (χ0) is 16.4. The van der Waals surface area contributed by atoms with E-state index in [2.05, 4.69) is 11.6 Å². The number of rotatable bonds is 4. The molecule has 1 aliphatic rings. The first-order valence-electron chi connectivity index (χ1n) is 8.62. The van der Waals surface area contributed by atoms with E-state index in [1.807, 2.05) is 0 Å². The van der Waals surface area contributed by atoms with Crippen molar-refractivity contribution in [3.05, 3.63) is 42.1 Å². The number of hydrogen-bond donors (Lipinski definition) is 1. The largest absolute Gasteiger partial charge is 0.317 e. The minimum Gasteiger partial charge on any atom is -0.254 e. The summed E-state index contributed by atoms with van der Waals surface area (Å²) in [4.78, 5) is 0.168. The van der Waals surface area contributed by atoms with Gasteiger partial charge < -0.3 is 0 Å². The second kappa shape index (κ2) is 9.73. The van der Waals surface area contributed by atoms with E-state index < -0.39 is 10.1 Å². The van der Waals surface area contributed by atoms with Crippen molar-refractivity contribution in [2.45, 2.75) is 69.1 Å². The maximum absolute atomic E-state index is 12.1. The van der Waals surface area contributed by atoms with Gasteiger partial charge in [-0.2, -0.15) is 8.42 Å². The summed E-state index contributed by atoms with van der Waals surface area (Å²) < 4.78 is 29.3. The third-order valence-corrected chi connectivity index (χ3v) is 5.26. The van der Waals surface area contributed by atoms with E-state index >= 15 is 0 Å². The molecule has 1 aromatic carbocycles. The molecule has 0 saturated heterocycles. The van der Waals surface area contributed by atoms with E-state index in [0.717, 1.165) is 31.4 Å². The van der Waals surface area contributed by atoms with Crippen molar-refractivity contribution in [1.29, 1.82) is 0 Å². The summed E-state index contributed by atoms with van der Waals surface area (Å²) in [6, 6.07) is 8.22. The minimum absolute atomic E-state index is 0.168. The molecule has 23 heavy (non-hydrogen) atoms. The second-order valence-electron chi connectivity index (χ2n) is 6.05. The highest BCUT2D eigenvalue weighted by molar-refractivity contribution is 7.86. The highest BCUT2D eigenvalue weighted by atomic mass is 32.2. The smallest absolute Gasteiger partial charge is 0.254 e. The Hall–Kier alpha value is -1.33. The van der Waals surface area contributed by atoms with Gasteiger partial charge >= 0.3 is 10.1 Å². The van der Waals surface area contributed by atoms with Gasteiger partial charge in [0, 0.05) is 5.70 Å². The maximum Gasteiger partial charge on any atom is 0.317 e. The van der Waals surface area contributed by atoms with Crippen molar-refractivity contribution < 1.29 is 12.7 Å². The van der Waals surface area contributed by atoms with Crippen LogP contribution >= 0.6 is 0 Å². The van der Waals surface area contributed by atoms with Gasteiger partial charge in [-0.15, -0.1) is 4.28 Å². The number of benzene rings is 1. The lowest BCUT2D eigenvalue weighted by Gasteiger charge is -2.12. The van der Waals surface area contributed by atoms with E-state index in [9.17, 15) is 8.42 Å². The standard InChI is InChI=1S/C18H27NO3S/c20-23(21,18-15-11-8-12-16-18)22-19-17-13-9-6-4-2-1-3-5-7-10-14-17/h8,11-13,15-16,19H,1-7,9-10,14H2. The first-order valence-corrected chi connectivity index (χ1v) is 10.0. The third-order valence-electron chi connectivity index (χ3n) is 4.11. The number of hydrogen-bond acceptors (Lipinski definition) is 4. The van der Waals surface area contributed by atoms with Crippen LogP contribution in [0.4, 0.5) is 0 Å². The van der Waals surface area contributed by atoms with Crippen molar-refractivity contribution in [3.8, 4) is 0 Å². The molecular weight excluding hydrogens is 310 g/mol. The molecule has 0 spiro atoms. The molecule has 0 unspecified atom stereocenters. The monoisotopic (exact) mass is 337 g/mol. The van der Waals surface area contributed by atoms with Crippen molar-refractivity contribution in [3.63, 3.8) is 0 Å². The average molecular weight is 337 g/mol. The molecule has 0 bridgehead atoms. The van der Waals surface area contributed by atoms with Crippen molar-refractivity contribution in [1.82, 2.24) is 5.48 Å². The molecule has 4 nitrogen and oxygen atoms in total. The predicted octanol–water partition coefficient (Wildman–Crippen LogP) is 4.70. The lowest BCUT2D eigenvalue weighted by molar-refractivity contribution is 0.230. The summed E-state index contributed by atoms with van der Waals surface area (Å²) in [5.41, 5.74) is 3.57. The Labute approximate surface area is 140 Å². The van der Waals surface area contributed by atoms with Crippen LogP contribution in [0.5, 0.6) is 0 Å². The molecule has 0 saturated carbocycles. The average Bonchev–Trinajstić information content (AvgIpc) is 2.55. The number of hydroxylamine groups is 1. The Morgan fingerprint density at radius 2 is 1.43 bits per heavy atom. The molecule has 0 fully saturated rings. The summed E-state index contributed by atoms with van der Waals surface area (Å²) in [5, 5.41) is 0. The van der Waals surface area contributed by atoms with Gasteiger partial charge in [-0.05, 0) is 37.8 Å². The molecular formula is C18H27NO3S. The lowest BCUT2D eigenvalue weighted by Crippen LogP contribution is -2.20. The van der Waals surface area contributed by atoms with Crippen LogP contribution < -0.4 is 5.48 Å². The Kier molecular flexibility index (Phi) is 7.62. The summed E-state index contributed by atoms with van der Waals surface area (Å²) in [6.07, 6.45) is 13.7. The Morgan fingerprint density at radius 3 is 2.13 bits per heavy atom. The predicted molar refractivity (Wildman–Crippen MR) is 92.1 cm³/mol. The molecule has 0 aromatic heterocycles.